The number of hydrogen-bond acceptors (Lipinski definition) is 4. The molecule has 20 heavy (non-hydrogen) atoms. The van der Waals surface area contributed by atoms with Gasteiger partial charge in [-0.25, -0.2) is 12.7 Å². The molecule has 6 heteroatoms. The number of anilines is 1. The van der Waals surface area contributed by atoms with Gasteiger partial charge in [-0.2, -0.15) is 0 Å². The standard InChI is InChI=1S/C14H18N2O3S/c1-16(2)20(17,18)14-8-4-3-7-13(14)15-10-9-12-6-5-11-19-12/h3-8,11,15H,9-10H2,1-2H3. The molecule has 2 aromatic rings. The van der Waals surface area contributed by atoms with E-state index in [0.29, 0.717) is 18.7 Å². The van der Waals surface area contributed by atoms with Gasteiger partial charge < -0.3 is 9.73 Å². The maximum Gasteiger partial charge on any atom is 0.244 e. The fourth-order valence-corrected chi connectivity index (χ4v) is 2.87. The maximum absolute atomic E-state index is 12.2. The summed E-state index contributed by atoms with van der Waals surface area (Å²) in [5, 5.41) is 3.15. The Morgan fingerprint density at radius 1 is 1.15 bits per heavy atom. The lowest BCUT2D eigenvalue weighted by atomic mass is 10.3. The predicted molar refractivity (Wildman–Crippen MR) is 78.2 cm³/mol. The molecular weight excluding hydrogens is 276 g/mol. The zero-order valence-corrected chi connectivity index (χ0v) is 12.4. The second kappa shape index (κ2) is 6.11. The molecule has 1 N–H and O–H groups in total. The fourth-order valence-electron chi connectivity index (χ4n) is 1.81. The van der Waals surface area contributed by atoms with Crippen molar-refractivity contribution in [2.75, 3.05) is 26.0 Å². The van der Waals surface area contributed by atoms with Crippen LogP contribution in [-0.2, 0) is 16.4 Å². The Balaban J connectivity index is 2.12. The molecule has 0 aliphatic carbocycles. The van der Waals surface area contributed by atoms with E-state index in [2.05, 4.69) is 5.32 Å². The Bertz CT molecular complexity index is 649. The summed E-state index contributed by atoms with van der Waals surface area (Å²) < 4.78 is 30.9. The molecule has 0 spiro atoms. The molecule has 0 saturated heterocycles. The van der Waals surface area contributed by atoms with Crippen molar-refractivity contribution >= 4 is 15.7 Å². The first kappa shape index (κ1) is 14.6. The van der Waals surface area contributed by atoms with Gasteiger partial charge >= 0.3 is 0 Å². The lowest BCUT2D eigenvalue weighted by molar-refractivity contribution is 0.512. The van der Waals surface area contributed by atoms with Gasteiger partial charge in [0.2, 0.25) is 10.0 Å². The van der Waals surface area contributed by atoms with Crippen molar-refractivity contribution in [3.63, 3.8) is 0 Å². The molecule has 0 bridgehead atoms. The van der Waals surface area contributed by atoms with Gasteiger partial charge in [0.15, 0.2) is 0 Å². The number of hydrogen-bond donors (Lipinski definition) is 1. The molecule has 108 valence electrons. The average Bonchev–Trinajstić information content (AvgIpc) is 2.92. The van der Waals surface area contributed by atoms with Crippen LogP contribution in [0.15, 0.2) is 52.0 Å². The third-order valence-electron chi connectivity index (χ3n) is 2.91. The van der Waals surface area contributed by atoms with Crippen molar-refractivity contribution in [1.29, 1.82) is 0 Å². The van der Waals surface area contributed by atoms with E-state index in [1.807, 2.05) is 18.2 Å². The number of furan rings is 1. The van der Waals surface area contributed by atoms with Gasteiger partial charge in [-0.05, 0) is 24.3 Å². The minimum absolute atomic E-state index is 0.282. The zero-order valence-electron chi connectivity index (χ0n) is 11.5. The van der Waals surface area contributed by atoms with Crippen LogP contribution in [0.3, 0.4) is 0 Å². The van der Waals surface area contributed by atoms with Gasteiger partial charge in [-0.1, -0.05) is 12.1 Å². The predicted octanol–water partition coefficient (Wildman–Crippen LogP) is 2.18. The Kier molecular flexibility index (Phi) is 4.46. The average molecular weight is 294 g/mol. The smallest absolute Gasteiger partial charge is 0.244 e. The number of benzene rings is 1. The highest BCUT2D eigenvalue weighted by atomic mass is 32.2. The van der Waals surface area contributed by atoms with E-state index in [1.54, 1.807) is 24.5 Å². The Labute approximate surface area is 119 Å². The van der Waals surface area contributed by atoms with Crippen LogP contribution in [0.25, 0.3) is 0 Å². The van der Waals surface area contributed by atoms with E-state index < -0.39 is 10.0 Å². The van der Waals surface area contributed by atoms with E-state index in [1.165, 1.54) is 18.4 Å². The molecule has 1 aromatic carbocycles. The van der Waals surface area contributed by atoms with Crippen molar-refractivity contribution in [3.8, 4) is 0 Å². The molecule has 0 fully saturated rings. The summed E-state index contributed by atoms with van der Waals surface area (Å²) in [6.07, 6.45) is 2.32. The molecule has 0 unspecified atom stereocenters. The molecule has 0 amide bonds. The minimum Gasteiger partial charge on any atom is -0.469 e. The summed E-state index contributed by atoms with van der Waals surface area (Å²) in [7, 11) is -0.399. The van der Waals surface area contributed by atoms with Gasteiger partial charge in [-0.15, -0.1) is 0 Å². The third-order valence-corrected chi connectivity index (χ3v) is 4.79. The molecule has 0 radical (unpaired) electrons. The lowest BCUT2D eigenvalue weighted by Crippen LogP contribution is -2.23. The molecule has 0 aliphatic rings. The van der Waals surface area contributed by atoms with E-state index in [9.17, 15) is 8.42 Å². The zero-order chi connectivity index (χ0) is 14.6. The third kappa shape index (κ3) is 3.20. The first-order chi connectivity index (χ1) is 9.51. The van der Waals surface area contributed by atoms with Crippen LogP contribution in [0.5, 0.6) is 0 Å². The highest BCUT2D eigenvalue weighted by Gasteiger charge is 2.20. The first-order valence-electron chi connectivity index (χ1n) is 6.29. The van der Waals surface area contributed by atoms with Gasteiger partial charge in [0.25, 0.3) is 0 Å². The Hall–Kier alpha value is -1.79. The summed E-state index contributed by atoms with van der Waals surface area (Å²) in [5.74, 6) is 0.866. The number of rotatable bonds is 6. The summed E-state index contributed by atoms with van der Waals surface area (Å²) in [6, 6.07) is 10.6. The van der Waals surface area contributed by atoms with Crippen molar-refractivity contribution in [3.05, 3.63) is 48.4 Å². The number of sulfonamides is 1. The largest absolute Gasteiger partial charge is 0.469 e. The molecule has 0 aliphatic heterocycles. The number of nitrogens with zero attached hydrogens (tertiary/aromatic N) is 1. The summed E-state index contributed by atoms with van der Waals surface area (Å²) in [5.41, 5.74) is 0.604. The van der Waals surface area contributed by atoms with Gasteiger partial charge in [0, 0.05) is 27.1 Å². The molecule has 0 saturated carbocycles. The molecule has 1 aromatic heterocycles. The molecule has 5 nitrogen and oxygen atoms in total. The van der Waals surface area contributed by atoms with Crippen LogP contribution < -0.4 is 5.32 Å². The van der Waals surface area contributed by atoms with Gasteiger partial charge in [0.1, 0.15) is 10.7 Å². The van der Waals surface area contributed by atoms with E-state index in [-0.39, 0.29) is 4.90 Å². The van der Waals surface area contributed by atoms with Gasteiger partial charge in [-0.3, -0.25) is 0 Å². The Morgan fingerprint density at radius 2 is 1.90 bits per heavy atom. The highest BCUT2D eigenvalue weighted by Crippen LogP contribution is 2.23. The van der Waals surface area contributed by atoms with Crippen molar-refractivity contribution in [2.45, 2.75) is 11.3 Å². The van der Waals surface area contributed by atoms with E-state index in [4.69, 9.17) is 4.42 Å². The van der Waals surface area contributed by atoms with Crippen molar-refractivity contribution < 1.29 is 12.8 Å². The maximum atomic E-state index is 12.2. The first-order valence-corrected chi connectivity index (χ1v) is 7.73. The van der Waals surface area contributed by atoms with Crippen LogP contribution in [0, 0.1) is 0 Å². The van der Waals surface area contributed by atoms with Crippen molar-refractivity contribution in [1.82, 2.24) is 4.31 Å². The van der Waals surface area contributed by atoms with Crippen LogP contribution in [0.4, 0.5) is 5.69 Å². The molecule has 2 rings (SSSR count). The second-order valence-corrected chi connectivity index (χ2v) is 6.66. The normalized spacial score (nSPS) is 11.8. The molecule has 0 atom stereocenters. The monoisotopic (exact) mass is 294 g/mol. The molecular formula is C14H18N2O3S. The Morgan fingerprint density at radius 3 is 2.55 bits per heavy atom. The van der Waals surface area contributed by atoms with Gasteiger partial charge in [0.05, 0.1) is 12.0 Å². The lowest BCUT2D eigenvalue weighted by Gasteiger charge is -2.15. The van der Waals surface area contributed by atoms with Crippen LogP contribution in [0.2, 0.25) is 0 Å². The highest BCUT2D eigenvalue weighted by molar-refractivity contribution is 7.89. The quantitative estimate of drug-likeness (QED) is 0.887. The number of para-hydroxylation sites is 1. The minimum atomic E-state index is -3.44. The van der Waals surface area contributed by atoms with Crippen LogP contribution in [0.1, 0.15) is 5.76 Å². The van der Waals surface area contributed by atoms with E-state index >= 15 is 0 Å². The van der Waals surface area contributed by atoms with Crippen molar-refractivity contribution in [2.24, 2.45) is 0 Å². The fraction of sp³-hybridized carbons (Fsp3) is 0.286. The topological polar surface area (TPSA) is 62.6 Å². The van der Waals surface area contributed by atoms with Crippen LogP contribution >= 0.6 is 0 Å². The second-order valence-electron chi connectivity index (χ2n) is 4.54. The van der Waals surface area contributed by atoms with Crippen LogP contribution in [-0.4, -0.2) is 33.4 Å². The van der Waals surface area contributed by atoms with E-state index in [0.717, 1.165) is 5.76 Å². The SMILES string of the molecule is CN(C)S(=O)(=O)c1ccccc1NCCc1ccco1. The summed E-state index contributed by atoms with van der Waals surface area (Å²) >= 11 is 0. The number of nitrogens with one attached hydrogen (secondary N) is 1. The summed E-state index contributed by atoms with van der Waals surface area (Å²) in [6.45, 7) is 0.605. The molecule has 1 heterocycles. The summed E-state index contributed by atoms with van der Waals surface area (Å²) in [4.78, 5) is 0.282.